The Morgan fingerprint density at radius 1 is 1.32 bits per heavy atom. The molecule has 0 atom stereocenters. The number of methoxy groups -OCH3 is 1. The lowest BCUT2D eigenvalue weighted by Gasteiger charge is -2.15. The normalized spacial score (nSPS) is 12.6. The number of ether oxygens (including phenoxy) is 1. The Balaban J connectivity index is 1.98. The van der Waals surface area contributed by atoms with E-state index in [1.807, 2.05) is 11.4 Å². The molecule has 0 aliphatic rings. The highest BCUT2D eigenvalue weighted by molar-refractivity contribution is 6.00. The van der Waals surface area contributed by atoms with Gasteiger partial charge in [-0.15, -0.1) is 0 Å². The summed E-state index contributed by atoms with van der Waals surface area (Å²) in [6, 6.07) is 6.94. The van der Waals surface area contributed by atoms with Crippen molar-refractivity contribution in [2.45, 2.75) is 0 Å². The molecular weight excluding hydrogens is 320 g/mol. The number of rotatable bonds is 5. The van der Waals surface area contributed by atoms with Crippen molar-refractivity contribution < 1.29 is 13.6 Å². The summed E-state index contributed by atoms with van der Waals surface area (Å²) in [5, 5.41) is 9.35. The minimum absolute atomic E-state index is 0.0852. The molecular formula is C17H18N6O2. The third kappa shape index (κ3) is 3.27. The first-order valence-electron chi connectivity index (χ1n) is 8.85. The molecule has 0 radical (unpaired) electrons. The van der Waals surface area contributed by atoms with Gasteiger partial charge < -0.3 is 15.4 Å². The van der Waals surface area contributed by atoms with Gasteiger partial charge in [-0.2, -0.15) is 5.10 Å². The average molecular weight is 341 g/mol. The lowest BCUT2D eigenvalue weighted by atomic mass is 10.1. The van der Waals surface area contributed by atoms with Crippen LogP contribution >= 0.6 is 0 Å². The molecule has 0 fully saturated rings. The smallest absolute Gasteiger partial charge is 0.254 e. The summed E-state index contributed by atoms with van der Waals surface area (Å²) in [6.45, 7) is -2.60. The summed E-state index contributed by atoms with van der Waals surface area (Å²) >= 11 is 0. The van der Waals surface area contributed by atoms with Gasteiger partial charge in [-0.3, -0.25) is 14.5 Å². The lowest BCUT2D eigenvalue weighted by molar-refractivity contribution is 0.0963. The van der Waals surface area contributed by atoms with Crippen molar-refractivity contribution in [3.8, 4) is 17.1 Å². The Morgan fingerprint density at radius 2 is 2.20 bits per heavy atom. The second kappa shape index (κ2) is 7.00. The summed E-state index contributed by atoms with van der Waals surface area (Å²) in [5.41, 5.74) is 1.68. The van der Waals surface area contributed by atoms with Crippen LogP contribution in [0.25, 0.3) is 11.4 Å². The molecule has 0 aliphatic carbocycles. The molecule has 3 rings (SSSR count). The van der Waals surface area contributed by atoms with E-state index in [2.05, 4.69) is 20.4 Å². The molecule has 0 bridgehead atoms. The predicted octanol–water partition coefficient (Wildman–Crippen LogP) is 1.99. The van der Waals surface area contributed by atoms with Crippen LogP contribution in [-0.4, -0.2) is 39.7 Å². The zero-order valence-corrected chi connectivity index (χ0v) is 13.6. The van der Waals surface area contributed by atoms with E-state index in [0.29, 0.717) is 28.5 Å². The number of nitrogens with zero attached hydrogens (tertiary/aromatic N) is 4. The van der Waals surface area contributed by atoms with Crippen LogP contribution < -0.4 is 15.4 Å². The fourth-order valence-electron chi connectivity index (χ4n) is 2.39. The van der Waals surface area contributed by atoms with E-state index in [-0.39, 0.29) is 5.56 Å². The number of nitrogens with one attached hydrogen (secondary N) is 2. The quantitative estimate of drug-likeness (QED) is 0.737. The van der Waals surface area contributed by atoms with Crippen LogP contribution in [0.1, 0.15) is 14.5 Å². The summed E-state index contributed by atoms with van der Waals surface area (Å²) in [5.74, 6) is 0.197. The first-order chi connectivity index (χ1) is 13.3. The van der Waals surface area contributed by atoms with Gasteiger partial charge in [0, 0.05) is 30.5 Å². The average Bonchev–Trinajstić information content (AvgIpc) is 3.06. The molecule has 2 N–H and O–H groups in total. The number of amides is 1. The summed E-state index contributed by atoms with van der Waals surface area (Å²) in [4.78, 5) is 20.5. The van der Waals surface area contributed by atoms with Crippen LogP contribution in [0.2, 0.25) is 0 Å². The van der Waals surface area contributed by atoms with Gasteiger partial charge in [0.05, 0.1) is 29.6 Å². The number of para-hydroxylation sites is 1. The van der Waals surface area contributed by atoms with Crippen LogP contribution in [0.5, 0.6) is 5.75 Å². The van der Waals surface area contributed by atoms with Crippen molar-refractivity contribution in [1.29, 1.82) is 0 Å². The molecule has 0 unspecified atom stereocenters. The number of pyridine rings is 1. The van der Waals surface area contributed by atoms with Gasteiger partial charge in [-0.25, -0.2) is 4.98 Å². The van der Waals surface area contributed by atoms with Crippen molar-refractivity contribution in [2.24, 2.45) is 7.05 Å². The molecule has 25 heavy (non-hydrogen) atoms. The zero-order valence-electron chi connectivity index (χ0n) is 16.6. The van der Waals surface area contributed by atoms with Gasteiger partial charge in [-0.05, 0) is 18.2 Å². The van der Waals surface area contributed by atoms with Crippen LogP contribution in [0.3, 0.4) is 0 Å². The van der Waals surface area contributed by atoms with Crippen LogP contribution in [-0.2, 0) is 7.05 Å². The highest BCUT2D eigenvalue weighted by Gasteiger charge is 2.16. The highest BCUT2D eigenvalue weighted by atomic mass is 16.5. The molecule has 128 valence electrons. The Hall–Kier alpha value is -3.42. The van der Waals surface area contributed by atoms with Gasteiger partial charge in [0.2, 0.25) is 0 Å². The monoisotopic (exact) mass is 341 g/mol. The molecule has 1 amide bonds. The molecule has 2 aromatic heterocycles. The lowest BCUT2D eigenvalue weighted by Crippen LogP contribution is -2.19. The molecule has 1 aromatic carbocycles. The number of aryl methyl sites for hydroxylation is 1. The molecule has 3 aromatic rings. The number of carbonyl (C=O) groups is 1. The summed E-state index contributed by atoms with van der Waals surface area (Å²) in [7, 11) is 3.28. The van der Waals surface area contributed by atoms with Gasteiger partial charge in [0.1, 0.15) is 6.33 Å². The SMILES string of the molecule is [2H]C([2H])([2H])NC(=O)c1cnccc1Nc1cccc(-c2ncn(C)n2)c1OC. The standard InChI is InChI=1S/C17H18N6O2/c1-18-17(24)12-9-19-8-7-13(12)21-14-6-4-5-11(15(14)25-3)16-20-10-23(2)22-16/h4-10H,1-3H3,(H,18,24)(H,19,21)/i1D3. The van der Waals surface area contributed by atoms with Crippen molar-refractivity contribution in [3.63, 3.8) is 0 Å². The molecule has 2 heterocycles. The third-order valence-corrected chi connectivity index (χ3v) is 3.51. The second-order valence-corrected chi connectivity index (χ2v) is 5.13. The number of anilines is 2. The predicted molar refractivity (Wildman–Crippen MR) is 93.9 cm³/mol. The van der Waals surface area contributed by atoms with Gasteiger partial charge >= 0.3 is 0 Å². The van der Waals surface area contributed by atoms with Crippen molar-refractivity contribution in [2.75, 3.05) is 19.4 Å². The van der Waals surface area contributed by atoms with E-state index in [9.17, 15) is 4.79 Å². The molecule has 0 aliphatic heterocycles. The van der Waals surface area contributed by atoms with Crippen molar-refractivity contribution in [1.82, 2.24) is 25.1 Å². The molecule has 8 nitrogen and oxygen atoms in total. The van der Waals surface area contributed by atoms with Crippen LogP contribution in [0, 0.1) is 0 Å². The van der Waals surface area contributed by atoms with Gasteiger partial charge in [0.15, 0.2) is 11.6 Å². The van der Waals surface area contributed by atoms with E-state index in [0.717, 1.165) is 0 Å². The van der Waals surface area contributed by atoms with Gasteiger partial charge in [-0.1, -0.05) is 6.07 Å². The van der Waals surface area contributed by atoms with E-state index in [1.54, 1.807) is 36.3 Å². The molecule has 0 saturated heterocycles. The number of aromatic nitrogens is 4. The maximum Gasteiger partial charge on any atom is 0.254 e. The molecule has 8 heteroatoms. The Morgan fingerprint density at radius 3 is 2.92 bits per heavy atom. The summed E-state index contributed by atoms with van der Waals surface area (Å²) < 4.78 is 28.8. The second-order valence-electron chi connectivity index (χ2n) is 5.13. The minimum atomic E-state index is -2.60. The van der Waals surface area contributed by atoms with E-state index < -0.39 is 12.9 Å². The Kier molecular flexibility index (Phi) is 3.62. The molecule has 0 saturated carbocycles. The van der Waals surface area contributed by atoms with Crippen LogP contribution in [0.4, 0.5) is 11.4 Å². The maximum absolute atomic E-state index is 12.3. The first kappa shape index (κ1) is 12.9. The largest absolute Gasteiger partial charge is 0.494 e. The first-order valence-corrected chi connectivity index (χ1v) is 7.35. The van der Waals surface area contributed by atoms with Crippen molar-refractivity contribution >= 4 is 17.3 Å². The van der Waals surface area contributed by atoms with Crippen LogP contribution in [0.15, 0.2) is 43.0 Å². The third-order valence-electron chi connectivity index (χ3n) is 3.51. The Labute approximate surface area is 149 Å². The Bertz CT molecular complexity index is 1000. The topological polar surface area (TPSA) is 94.0 Å². The molecule has 0 spiro atoms. The maximum atomic E-state index is 12.3. The number of hydrogen-bond acceptors (Lipinski definition) is 6. The van der Waals surface area contributed by atoms with Crippen molar-refractivity contribution in [3.05, 3.63) is 48.5 Å². The fourth-order valence-corrected chi connectivity index (χ4v) is 2.39. The van der Waals surface area contributed by atoms with E-state index >= 15 is 0 Å². The number of hydrogen-bond donors (Lipinski definition) is 2. The van der Waals surface area contributed by atoms with E-state index in [1.165, 1.54) is 19.5 Å². The highest BCUT2D eigenvalue weighted by Crippen LogP contribution is 2.36. The van der Waals surface area contributed by atoms with Gasteiger partial charge in [0.25, 0.3) is 5.91 Å². The minimum Gasteiger partial charge on any atom is -0.494 e. The fraction of sp³-hybridized carbons (Fsp3) is 0.176. The number of carbonyl (C=O) groups excluding carboxylic acids is 1. The number of benzene rings is 1. The summed E-state index contributed by atoms with van der Waals surface area (Å²) in [6.07, 6.45) is 4.36. The van der Waals surface area contributed by atoms with E-state index in [4.69, 9.17) is 8.85 Å². The zero-order chi connectivity index (χ0) is 20.3.